The van der Waals surface area contributed by atoms with E-state index >= 15 is 0 Å². The van der Waals surface area contributed by atoms with E-state index in [4.69, 9.17) is 9.47 Å². The van der Waals surface area contributed by atoms with Crippen LogP contribution in [0.4, 0.5) is 0 Å². The molecule has 0 aliphatic carbocycles. The Balaban J connectivity index is 1.47. The number of amides is 1. The SMILES string of the molecule is COc1ccc(CCNC(=O)CN2CCC[C@H]2c2ccc(OC)cc2)cc1. The number of carbonyl (C=O) groups is 1. The van der Waals surface area contributed by atoms with Gasteiger partial charge in [-0.25, -0.2) is 0 Å². The first-order chi connectivity index (χ1) is 13.2. The van der Waals surface area contributed by atoms with E-state index in [-0.39, 0.29) is 5.91 Å². The molecule has 1 aliphatic heterocycles. The van der Waals surface area contributed by atoms with Crippen LogP contribution >= 0.6 is 0 Å². The second kappa shape index (κ2) is 9.42. The molecule has 1 aliphatic rings. The first-order valence-corrected chi connectivity index (χ1v) is 9.47. The van der Waals surface area contributed by atoms with E-state index in [1.807, 2.05) is 36.4 Å². The summed E-state index contributed by atoms with van der Waals surface area (Å²) >= 11 is 0. The number of carbonyl (C=O) groups excluding carboxylic acids is 1. The van der Waals surface area contributed by atoms with Gasteiger partial charge < -0.3 is 14.8 Å². The van der Waals surface area contributed by atoms with Gasteiger partial charge in [0, 0.05) is 12.6 Å². The lowest BCUT2D eigenvalue weighted by atomic mass is 10.0. The maximum atomic E-state index is 12.4. The van der Waals surface area contributed by atoms with Crippen LogP contribution in [0.3, 0.4) is 0 Å². The lowest BCUT2D eigenvalue weighted by Gasteiger charge is -2.24. The average molecular weight is 368 g/mol. The Labute approximate surface area is 161 Å². The fourth-order valence-corrected chi connectivity index (χ4v) is 3.60. The van der Waals surface area contributed by atoms with Crippen molar-refractivity contribution in [2.45, 2.75) is 25.3 Å². The third kappa shape index (κ3) is 5.23. The summed E-state index contributed by atoms with van der Waals surface area (Å²) in [6, 6.07) is 16.4. The summed E-state index contributed by atoms with van der Waals surface area (Å²) in [6.07, 6.45) is 3.03. The van der Waals surface area contributed by atoms with E-state index in [0.29, 0.717) is 19.1 Å². The maximum Gasteiger partial charge on any atom is 0.234 e. The van der Waals surface area contributed by atoms with Crippen molar-refractivity contribution < 1.29 is 14.3 Å². The van der Waals surface area contributed by atoms with Crippen LogP contribution in [0.5, 0.6) is 11.5 Å². The van der Waals surface area contributed by atoms with Gasteiger partial charge in [0.05, 0.1) is 20.8 Å². The molecule has 1 saturated heterocycles. The summed E-state index contributed by atoms with van der Waals surface area (Å²) in [5.74, 6) is 1.80. The van der Waals surface area contributed by atoms with E-state index in [9.17, 15) is 4.79 Å². The smallest absolute Gasteiger partial charge is 0.234 e. The van der Waals surface area contributed by atoms with Gasteiger partial charge in [0.15, 0.2) is 0 Å². The molecule has 5 nitrogen and oxygen atoms in total. The Kier molecular flexibility index (Phi) is 6.71. The van der Waals surface area contributed by atoms with Gasteiger partial charge in [-0.05, 0) is 61.2 Å². The minimum absolute atomic E-state index is 0.0870. The van der Waals surface area contributed by atoms with Crippen LogP contribution in [0.1, 0.15) is 30.0 Å². The molecule has 2 aromatic carbocycles. The van der Waals surface area contributed by atoms with E-state index in [1.165, 1.54) is 11.1 Å². The summed E-state index contributed by atoms with van der Waals surface area (Å²) in [5, 5.41) is 3.05. The van der Waals surface area contributed by atoms with Crippen molar-refractivity contribution in [3.05, 3.63) is 59.7 Å². The first kappa shape index (κ1) is 19.2. The molecule has 1 heterocycles. The summed E-state index contributed by atoms with van der Waals surface area (Å²) in [6.45, 7) is 2.05. The van der Waals surface area contributed by atoms with Crippen LogP contribution < -0.4 is 14.8 Å². The van der Waals surface area contributed by atoms with Crippen LogP contribution in [0.25, 0.3) is 0 Å². The molecule has 0 saturated carbocycles. The lowest BCUT2D eigenvalue weighted by Crippen LogP contribution is -2.37. The average Bonchev–Trinajstić information content (AvgIpc) is 3.16. The van der Waals surface area contributed by atoms with Crippen molar-refractivity contribution in [2.24, 2.45) is 0 Å². The molecule has 1 fully saturated rings. The van der Waals surface area contributed by atoms with Gasteiger partial charge in [-0.15, -0.1) is 0 Å². The zero-order valence-corrected chi connectivity index (χ0v) is 16.1. The quantitative estimate of drug-likeness (QED) is 0.777. The van der Waals surface area contributed by atoms with E-state index in [0.717, 1.165) is 37.3 Å². The Hall–Kier alpha value is -2.53. The molecule has 5 heteroatoms. The molecule has 0 aromatic heterocycles. The molecule has 1 amide bonds. The number of nitrogens with zero attached hydrogens (tertiary/aromatic N) is 1. The normalized spacial score (nSPS) is 16.9. The minimum atomic E-state index is 0.0870. The molecule has 0 radical (unpaired) electrons. The molecule has 0 spiro atoms. The first-order valence-electron chi connectivity index (χ1n) is 9.47. The third-order valence-electron chi connectivity index (χ3n) is 5.11. The van der Waals surface area contributed by atoms with Gasteiger partial charge in [-0.2, -0.15) is 0 Å². The van der Waals surface area contributed by atoms with Crippen LogP contribution in [0.15, 0.2) is 48.5 Å². The van der Waals surface area contributed by atoms with Gasteiger partial charge in [0.25, 0.3) is 0 Å². The highest BCUT2D eigenvalue weighted by molar-refractivity contribution is 5.78. The molecule has 3 rings (SSSR count). The molecule has 0 unspecified atom stereocenters. The number of hydrogen-bond acceptors (Lipinski definition) is 4. The number of ether oxygens (including phenoxy) is 2. The van der Waals surface area contributed by atoms with Crippen LogP contribution in [0, 0.1) is 0 Å². The highest BCUT2D eigenvalue weighted by Gasteiger charge is 2.27. The molecule has 27 heavy (non-hydrogen) atoms. The number of hydrogen-bond donors (Lipinski definition) is 1. The highest BCUT2D eigenvalue weighted by atomic mass is 16.5. The topological polar surface area (TPSA) is 50.8 Å². The van der Waals surface area contributed by atoms with Gasteiger partial charge in [0.1, 0.15) is 11.5 Å². The fourth-order valence-electron chi connectivity index (χ4n) is 3.60. The molecule has 1 N–H and O–H groups in total. The van der Waals surface area contributed by atoms with Crippen LogP contribution in [-0.2, 0) is 11.2 Å². The molecule has 144 valence electrons. The standard InChI is InChI=1S/C22H28N2O3/c1-26-19-9-5-17(6-10-19)13-14-23-22(25)16-24-15-3-4-21(24)18-7-11-20(27-2)12-8-18/h5-12,21H,3-4,13-16H2,1-2H3,(H,23,25)/t21-/m0/s1. The summed E-state index contributed by atoms with van der Waals surface area (Å²) in [5.41, 5.74) is 2.44. The fraction of sp³-hybridized carbons (Fsp3) is 0.409. The largest absolute Gasteiger partial charge is 0.497 e. The summed E-state index contributed by atoms with van der Waals surface area (Å²) < 4.78 is 10.4. The monoisotopic (exact) mass is 368 g/mol. The van der Waals surface area contributed by atoms with Gasteiger partial charge >= 0.3 is 0 Å². The maximum absolute atomic E-state index is 12.4. The molecular weight excluding hydrogens is 340 g/mol. The number of rotatable bonds is 8. The third-order valence-corrected chi connectivity index (χ3v) is 5.11. The van der Waals surface area contributed by atoms with Crippen molar-refractivity contribution in [1.82, 2.24) is 10.2 Å². The zero-order chi connectivity index (χ0) is 19.1. The lowest BCUT2D eigenvalue weighted by molar-refractivity contribution is -0.122. The number of benzene rings is 2. The second-order valence-corrected chi connectivity index (χ2v) is 6.85. The summed E-state index contributed by atoms with van der Waals surface area (Å²) in [7, 11) is 3.33. The zero-order valence-electron chi connectivity index (χ0n) is 16.1. The number of likely N-dealkylation sites (tertiary alicyclic amines) is 1. The van der Waals surface area contributed by atoms with Crippen molar-refractivity contribution in [3.8, 4) is 11.5 Å². The van der Waals surface area contributed by atoms with Crippen molar-refractivity contribution >= 4 is 5.91 Å². The van der Waals surface area contributed by atoms with Gasteiger partial charge in [-0.3, -0.25) is 9.69 Å². The Morgan fingerprint density at radius 2 is 1.67 bits per heavy atom. The van der Waals surface area contributed by atoms with E-state index in [2.05, 4.69) is 22.3 Å². The number of methoxy groups -OCH3 is 2. The van der Waals surface area contributed by atoms with E-state index < -0.39 is 0 Å². The van der Waals surface area contributed by atoms with Crippen molar-refractivity contribution in [1.29, 1.82) is 0 Å². The number of nitrogens with one attached hydrogen (secondary N) is 1. The van der Waals surface area contributed by atoms with Crippen molar-refractivity contribution in [3.63, 3.8) is 0 Å². The minimum Gasteiger partial charge on any atom is -0.497 e. The predicted molar refractivity (Wildman–Crippen MR) is 106 cm³/mol. The molecular formula is C22H28N2O3. The summed E-state index contributed by atoms with van der Waals surface area (Å²) in [4.78, 5) is 14.6. The molecule has 0 bridgehead atoms. The van der Waals surface area contributed by atoms with Gasteiger partial charge in [-0.1, -0.05) is 24.3 Å². The molecule has 2 aromatic rings. The van der Waals surface area contributed by atoms with Crippen molar-refractivity contribution in [2.75, 3.05) is 33.9 Å². The highest BCUT2D eigenvalue weighted by Crippen LogP contribution is 2.32. The van der Waals surface area contributed by atoms with Crippen LogP contribution in [-0.4, -0.2) is 44.7 Å². The predicted octanol–water partition coefficient (Wildman–Crippen LogP) is 3.20. The molecule has 1 atom stereocenters. The Morgan fingerprint density at radius 1 is 1.04 bits per heavy atom. The van der Waals surface area contributed by atoms with Crippen LogP contribution in [0.2, 0.25) is 0 Å². The Bertz CT molecular complexity index is 728. The Morgan fingerprint density at radius 3 is 2.30 bits per heavy atom. The van der Waals surface area contributed by atoms with E-state index in [1.54, 1.807) is 14.2 Å². The second-order valence-electron chi connectivity index (χ2n) is 6.85. The van der Waals surface area contributed by atoms with Gasteiger partial charge in [0.2, 0.25) is 5.91 Å².